The Bertz CT molecular complexity index is 1060. The minimum absolute atomic E-state index is 0.276. The fourth-order valence-electron chi connectivity index (χ4n) is 3.13. The fraction of sp³-hybridized carbons (Fsp3) is 0.130. The highest BCUT2D eigenvalue weighted by atomic mass is 35.5. The summed E-state index contributed by atoms with van der Waals surface area (Å²) < 4.78 is 11.8. The van der Waals surface area contributed by atoms with Gasteiger partial charge in [0.05, 0.1) is 16.6 Å². The lowest BCUT2D eigenvalue weighted by atomic mass is 10.0. The van der Waals surface area contributed by atoms with E-state index in [4.69, 9.17) is 32.7 Å². The lowest BCUT2D eigenvalue weighted by molar-refractivity contribution is 0.00996. The van der Waals surface area contributed by atoms with Gasteiger partial charge in [0.1, 0.15) is 0 Å². The van der Waals surface area contributed by atoms with Crippen LogP contribution in [0.2, 0.25) is 10.0 Å². The molecule has 0 saturated heterocycles. The number of carbonyl (C=O) groups is 1. The summed E-state index contributed by atoms with van der Waals surface area (Å²) in [5.74, 6) is 0.522. The molecule has 0 spiro atoms. The predicted molar refractivity (Wildman–Crippen MR) is 118 cm³/mol. The van der Waals surface area contributed by atoms with Crippen molar-refractivity contribution < 1.29 is 14.3 Å². The molecule has 4 rings (SSSR count). The van der Waals surface area contributed by atoms with Gasteiger partial charge in [0.15, 0.2) is 12.2 Å². The first-order valence-corrected chi connectivity index (χ1v) is 10.1. The van der Waals surface area contributed by atoms with Crippen LogP contribution >= 0.6 is 23.2 Å². The summed E-state index contributed by atoms with van der Waals surface area (Å²) in [5, 5.41) is 3.41. The van der Waals surface area contributed by atoms with Gasteiger partial charge >= 0.3 is 6.09 Å². The van der Waals surface area contributed by atoms with E-state index < -0.39 is 18.3 Å². The maximum Gasteiger partial charge on any atom is 0.412 e. The van der Waals surface area contributed by atoms with Crippen LogP contribution in [0.25, 0.3) is 0 Å². The van der Waals surface area contributed by atoms with Crippen LogP contribution in [0, 0.1) is 0 Å². The van der Waals surface area contributed by atoms with Gasteiger partial charge in [-0.3, -0.25) is 5.32 Å². The molecule has 0 aromatic heterocycles. The SMILES string of the molecule is O=C(Nc1ccc(Cl)c(Cl)c1)OC1CN=C(c2ccccc2)OC1c1ccccc1. The molecule has 0 fully saturated rings. The van der Waals surface area contributed by atoms with Gasteiger partial charge in [-0.2, -0.15) is 0 Å². The van der Waals surface area contributed by atoms with E-state index in [-0.39, 0.29) is 6.54 Å². The highest BCUT2D eigenvalue weighted by Crippen LogP contribution is 2.30. The second-order valence-electron chi connectivity index (χ2n) is 6.66. The molecule has 3 aromatic carbocycles. The standard InChI is InChI=1S/C23H18Cl2N2O3/c24-18-12-11-17(13-19(18)25)27-23(28)29-20-14-26-22(16-9-5-2-6-10-16)30-21(20)15-7-3-1-4-8-15/h1-13,20-21H,14H2,(H,27,28). The largest absolute Gasteiger partial charge is 0.465 e. The van der Waals surface area contributed by atoms with E-state index in [0.29, 0.717) is 21.6 Å². The molecule has 3 aromatic rings. The predicted octanol–water partition coefficient (Wildman–Crippen LogP) is 6.13. The highest BCUT2D eigenvalue weighted by molar-refractivity contribution is 6.42. The molecule has 1 aliphatic rings. The number of hydrogen-bond acceptors (Lipinski definition) is 4. The maximum atomic E-state index is 12.5. The van der Waals surface area contributed by atoms with Crippen molar-refractivity contribution in [3.8, 4) is 0 Å². The molecular formula is C23H18Cl2N2O3. The Morgan fingerprint density at radius 1 is 0.967 bits per heavy atom. The van der Waals surface area contributed by atoms with E-state index >= 15 is 0 Å². The summed E-state index contributed by atoms with van der Waals surface area (Å²) in [6, 6.07) is 24.1. The van der Waals surface area contributed by atoms with E-state index in [0.717, 1.165) is 11.1 Å². The topological polar surface area (TPSA) is 59.9 Å². The molecule has 2 atom stereocenters. The number of halogens is 2. The summed E-state index contributed by atoms with van der Waals surface area (Å²) in [6.07, 6.45) is -1.71. The molecule has 5 nitrogen and oxygen atoms in total. The Morgan fingerprint density at radius 3 is 2.37 bits per heavy atom. The van der Waals surface area contributed by atoms with Gasteiger partial charge in [0.2, 0.25) is 5.90 Å². The van der Waals surface area contributed by atoms with Crippen molar-refractivity contribution in [1.29, 1.82) is 0 Å². The van der Waals surface area contributed by atoms with Crippen LogP contribution in [0.4, 0.5) is 10.5 Å². The zero-order valence-electron chi connectivity index (χ0n) is 15.8. The number of carbonyl (C=O) groups excluding carboxylic acids is 1. The Balaban J connectivity index is 1.53. The zero-order valence-corrected chi connectivity index (χ0v) is 17.3. The normalized spacial score (nSPS) is 18.1. The zero-order chi connectivity index (χ0) is 20.9. The fourth-order valence-corrected chi connectivity index (χ4v) is 3.42. The van der Waals surface area contributed by atoms with E-state index in [1.54, 1.807) is 18.2 Å². The van der Waals surface area contributed by atoms with Gasteiger partial charge in [-0.25, -0.2) is 9.79 Å². The van der Waals surface area contributed by atoms with E-state index in [2.05, 4.69) is 10.3 Å². The van der Waals surface area contributed by atoms with Crippen molar-refractivity contribution in [1.82, 2.24) is 0 Å². The number of nitrogens with zero attached hydrogens (tertiary/aromatic N) is 1. The molecule has 2 unspecified atom stereocenters. The van der Waals surface area contributed by atoms with Gasteiger partial charge < -0.3 is 9.47 Å². The van der Waals surface area contributed by atoms with Crippen molar-refractivity contribution in [3.05, 3.63) is 100 Å². The number of nitrogens with one attached hydrogen (secondary N) is 1. The Kier molecular flexibility index (Phi) is 6.21. The first kappa shape index (κ1) is 20.3. The molecule has 1 amide bonds. The van der Waals surface area contributed by atoms with Gasteiger partial charge in [-0.05, 0) is 35.9 Å². The maximum absolute atomic E-state index is 12.5. The smallest absolute Gasteiger partial charge is 0.412 e. The minimum atomic E-state index is -0.624. The van der Waals surface area contributed by atoms with Crippen molar-refractivity contribution in [3.63, 3.8) is 0 Å². The van der Waals surface area contributed by atoms with Crippen LogP contribution in [-0.4, -0.2) is 24.6 Å². The van der Waals surface area contributed by atoms with Gasteiger partial charge in [0.25, 0.3) is 0 Å². The van der Waals surface area contributed by atoms with Crippen LogP contribution in [0.5, 0.6) is 0 Å². The number of amides is 1. The van der Waals surface area contributed by atoms with Crippen LogP contribution < -0.4 is 5.32 Å². The quantitative estimate of drug-likeness (QED) is 0.530. The molecule has 0 bridgehead atoms. The number of aliphatic imine (C=N–C) groups is 1. The summed E-state index contributed by atoms with van der Waals surface area (Å²) in [5.41, 5.74) is 2.25. The van der Waals surface area contributed by atoms with Gasteiger partial charge in [0, 0.05) is 11.3 Å². The average molecular weight is 441 g/mol. The van der Waals surface area contributed by atoms with Crippen LogP contribution in [0.15, 0.2) is 83.9 Å². The molecule has 0 aliphatic carbocycles. The van der Waals surface area contributed by atoms with Crippen LogP contribution in [0.3, 0.4) is 0 Å². The van der Waals surface area contributed by atoms with Crippen molar-refractivity contribution in [2.24, 2.45) is 4.99 Å². The molecule has 7 heteroatoms. The monoisotopic (exact) mass is 440 g/mol. The Hall–Kier alpha value is -3.02. The van der Waals surface area contributed by atoms with Gasteiger partial charge in [-0.15, -0.1) is 0 Å². The summed E-state index contributed by atoms with van der Waals surface area (Å²) in [6.45, 7) is 0.276. The first-order valence-electron chi connectivity index (χ1n) is 9.34. The molecule has 1 N–H and O–H groups in total. The third kappa shape index (κ3) is 4.75. The number of anilines is 1. The number of hydrogen-bond donors (Lipinski definition) is 1. The Morgan fingerprint density at radius 2 is 1.67 bits per heavy atom. The average Bonchev–Trinajstić information content (AvgIpc) is 2.78. The molecular weight excluding hydrogens is 423 g/mol. The van der Waals surface area contributed by atoms with E-state index in [9.17, 15) is 4.79 Å². The lowest BCUT2D eigenvalue weighted by Gasteiger charge is -2.31. The summed E-state index contributed by atoms with van der Waals surface area (Å²) in [7, 11) is 0. The summed E-state index contributed by atoms with van der Waals surface area (Å²) >= 11 is 11.9. The number of ether oxygens (including phenoxy) is 2. The highest BCUT2D eigenvalue weighted by Gasteiger charge is 2.33. The van der Waals surface area contributed by atoms with Crippen molar-refractivity contribution >= 4 is 40.9 Å². The van der Waals surface area contributed by atoms with Crippen LogP contribution in [-0.2, 0) is 9.47 Å². The third-order valence-electron chi connectivity index (χ3n) is 4.56. The van der Waals surface area contributed by atoms with E-state index in [1.807, 2.05) is 60.7 Å². The van der Waals surface area contributed by atoms with Crippen molar-refractivity contribution in [2.45, 2.75) is 12.2 Å². The van der Waals surface area contributed by atoms with Gasteiger partial charge in [-0.1, -0.05) is 71.7 Å². The molecule has 0 saturated carbocycles. The number of benzene rings is 3. The molecule has 152 valence electrons. The lowest BCUT2D eigenvalue weighted by Crippen LogP contribution is -2.37. The molecule has 1 heterocycles. The first-order chi connectivity index (χ1) is 14.6. The minimum Gasteiger partial charge on any atom is -0.465 e. The van der Waals surface area contributed by atoms with Crippen LogP contribution in [0.1, 0.15) is 17.2 Å². The second-order valence-corrected chi connectivity index (χ2v) is 7.47. The third-order valence-corrected chi connectivity index (χ3v) is 5.30. The molecule has 1 aliphatic heterocycles. The Labute approximate surface area is 184 Å². The van der Waals surface area contributed by atoms with E-state index in [1.165, 1.54) is 0 Å². The summed E-state index contributed by atoms with van der Waals surface area (Å²) in [4.78, 5) is 17.0. The van der Waals surface area contributed by atoms with Crippen molar-refractivity contribution in [2.75, 3.05) is 11.9 Å². The number of rotatable bonds is 4. The second kappa shape index (κ2) is 9.20. The molecule has 0 radical (unpaired) electrons. The molecule has 30 heavy (non-hydrogen) atoms.